The number of hydrogen-bond acceptors (Lipinski definition) is 6. The highest BCUT2D eigenvalue weighted by molar-refractivity contribution is 5.94. The number of methoxy groups -OCH3 is 1. The summed E-state index contributed by atoms with van der Waals surface area (Å²) < 4.78 is 10.4. The molecule has 7 heteroatoms. The molecule has 3 aromatic rings. The second kappa shape index (κ2) is 8.15. The molecule has 0 atom stereocenters. The quantitative estimate of drug-likeness (QED) is 0.636. The van der Waals surface area contributed by atoms with Gasteiger partial charge in [0, 0.05) is 24.2 Å². The minimum absolute atomic E-state index is 0.116. The third-order valence-corrected chi connectivity index (χ3v) is 3.75. The summed E-state index contributed by atoms with van der Waals surface area (Å²) in [6.45, 7) is 2.89. The van der Waals surface area contributed by atoms with Crippen molar-refractivity contribution in [2.24, 2.45) is 0 Å². The number of ether oxygens (including phenoxy) is 1. The van der Waals surface area contributed by atoms with Gasteiger partial charge in [-0.15, -0.1) is 0 Å². The molecule has 0 aliphatic heterocycles. The molecular formula is C19H20N4O3. The molecule has 0 spiro atoms. The van der Waals surface area contributed by atoms with Gasteiger partial charge in [0.15, 0.2) is 0 Å². The fourth-order valence-electron chi connectivity index (χ4n) is 2.33. The van der Waals surface area contributed by atoms with E-state index in [1.807, 2.05) is 43.3 Å². The molecular weight excluding hydrogens is 332 g/mol. The van der Waals surface area contributed by atoms with Crippen LogP contribution in [0.25, 0.3) is 11.4 Å². The monoisotopic (exact) mass is 352 g/mol. The largest absolute Gasteiger partial charge is 0.497 e. The summed E-state index contributed by atoms with van der Waals surface area (Å²) in [7, 11) is 1.60. The van der Waals surface area contributed by atoms with E-state index >= 15 is 0 Å². The number of amides is 1. The number of nitrogens with zero attached hydrogens (tertiary/aromatic N) is 2. The Bertz CT molecular complexity index is 875. The molecule has 0 bridgehead atoms. The van der Waals surface area contributed by atoms with Gasteiger partial charge in [-0.05, 0) is 31.2 Å². The van der Waals surface area contributed by atoms with Gasteiger partial charge in [-0.2, -0.15) is 4.98 Å². The lowest BCUT2D eigenvalue weighted by Gasteiger charge is -2.05. The van der Waals surface area contributed by atoms with Crippen LogP contribution in [0.3, 0.4) is 0 Å². The molecule has 0 saturated heterocycles. The molecule has 134 valence electrons. The van der Waals surface area contributed by atoms with Crippen LogP contribution in [0.5, 0.6) is 5.75 Å². The average molecular weight is 352 g/mol. The van der Waals surface area contributed by atoms with Crippen LogP contribution in [0.2, 0.25) is 0 Å². The Morgan fingerprint density at radius 1 is 1.15 bits per heavy atom. The van der Waals surface area contributed by atoms with E-state index in [2.05, 4.69) is 20.8 Å². The number of benzene rings is 2. The van der Waals surface area contributed by atoms with Gasteiger partial charge >= 0.3 is 6.01 Å². The molecule has 0 unspecified atom stereocenters. The zero-order chi connectivity index (χ0) is 18.4. The van der Waals surface area contributed by atoms with Gasteiger partial charge in [0.05, 0.1) is 7.11 Å². The molecule has 1 amide bonds. The molecule has 0 fully saturated rings. The van der Waals surface area contributed by atoms with E-state index in [0.29, 0.717) is 30.5 Å². The molecule has 1 aromatic heterocycles. The molecule has 26 heavy (non-hydrogen) atoms. The molecule has 0 saturated carbocycles. The first-order chi connectivity index (χ1) is 12.7. The van der Waals surface area contributed by atoms with Gasteiger partial charge in [0.2, 0.25) is 5.82 Å². The average Bonchev–Trinajstić information content (AvgIpc) is 3.14. The molecule has 0 radical (unpaired) electrons. The maximum atomic E-state index is 12.0. The van der Waals surface area contributed by atoms with Crippen molar-refractivity contribution in [3.05, 3.63) is 59.7 Å². The number of anilines is 1. The van der Waals surface area contributed by atoms with Gasteiger partial charge < -0.3 is 19.9 Å². The maximum absolute atomic E-state index is 12.0. The first kappa shape index (κ1) is 17.5. The van der Waals surface area contributed by atoms with E-state index in [1.54, 1.807) is 19.2 Å². The molecule has 2 aromatic carbocycles. The van der Waals surface area contributed by atoms with Gasteiger partial charge in [-0.1, -0.05) is 35.0 Å². The van der Waals surface area contributed by atoms with Crippen molar-refractivity contribution in [3.8, 4) is 17.1 Å². The lowest BCUT2D eigenvalue weighted by atomic mass is 10.1. The predicted molar refractivity (Wildman–Crippen MR) is 98.3 cm³/mol. The van der Waals surface area contributed by atoms with Crippen molar-refractivity contribution in [2.45, 2.75) is 6.92 Å². The second-order valence-corrected chi connectivity index (χ2v) is 5.70. The Kier molecular flexibility index (Phi) is 5.48. The number of aromatic nitrogens is 2. The summed E-state index contributed by atoms with van der Waals surface area (Å²) in [6.07, 6.45) is 0. The maximum Gasteiger partial charge on any atom is 0.321 e. The highest BCUT2D eigenvalue weighted by atomic mass is 16.5. The Morgan fingerprint density at radius 2 is 1.96 bits per heavy atom. The molecule has 1 heterocycles. The van der Waals surface area contributed by atoms with Crippen LogP contribution in [-0.2, 0) is 0 Å². The van der Waals surface area contributed by atoms with Crippen LogP contribution >= 0.6 is 0 Å². The normalized spacial score (nSPS) is 10.4. The Hall–Kier alpha value is -3.35. The van der Waals surface area contributed by atoms with Crippen molar-refractivity contribution >= 4 is 11.9 Å². The highest BCUT2D eigenvalue weighted by Gasteiger charge is 2.09. The van der Waals surface area contributed by atoms with Crippen molar-refractivity contribution < 1.29 is 14.1 Å². The first-order valence-electron chi connectivity index (χ1n) is 8.22. The molecule has 2 N–H and O–H groups in total. The summed E-state index contributed by atoms with van der Waals surface area (Å²) >= 11 is 0. The van der Waals surface area contributed by atoms with Crippen molar-refractivity contribution in [1.82, 2.24) is 15.5 Å². The highest BCUT2D eigenvalue weighted by Crippen LogP contribution is 2.22. The summed E-state index contributed by atoms with van der Waals surface area (Å²) in [5, 5.41) is 9.77. The number of carbonyl (C=O) groups is 1. The summed E-state index contributed by atoms with van der Waals surface area (Å²) in [5.41, 5.74) is 2.55. The zero-order valence-corrected chi connectivity index (χ0v) is 14.7. The Morgan fingerprint density at radius 3 is 2.73 bits per heavy atom. The predicted octanol–water partition coefficient (Wildman–Crippen LogP) is 2.90. The molecule has 7 nitrogen and oxygen atoms in total. The molecule has 3 rings (SSSR count). The fraction of sp³-hybridized carbons (Fsp3) is 0.211. The summed E-state index contributed by atoms with van der Waals surface area (Å²) in [4.78, 5) is 16.3. The number of hydrogen-bond donors (Lipinski definition) is 2. The van der Waals surface area contributed by atoms with Gasteiger partial charge in [0.1, 0.15) is 5.75 Å². The summed E-state index contributed by atoms with van der Waals surface area (Å²) in [6, 6.07) is 15.1. The first-order valence-corrected chi connectivity index (χ1v) is 8.22. The smallest absolute Gasteiger partial charge is 0.321 e. The van der Waals surface area contributed by atoms with Gasteiger partial charge in [-0.3, -0.25) is 4.79 Å². The summed E-state index contributed by atoms with van der Waals surface area (Å²) in [5.74, 6) is 1.07. The topological polar surface area (TPSA) is 89.3 Å². The SMILES string of the molecule is COc1cccc(-c2noc(NCCNC(=O)c3ccc(C)cc3)n2)c1. The molecule has 0 aliphatic rings. The van der Waals surface area contributed by atoms with E-state index in [9.17, 15) is 4.79 Å². The standard InChI is InChI=1S/C19H20N4O3/c1-13-6-8-14(9-7-13)18(24)20-10-11-21-19-22-17(23-26-19)15-4-3-5-16(12-15)25-2/h3-9,12H,10-11H2,1-2H3,(H,20,24)(H,21,22,23). The van der Waals surface area contributed by atoms with E-state index in [0.717, 1.165) is 16.9 Å². The van der Waals surface area contributed by atoms with E-state index < -0.39 is 0 Å². The number of nitrogens with one attached hydrogen (secondary N) is 2. The van der Waals surface area contributed by atoms with Crippen LogP contribution < -0.4 is 15.4 Å². The van der Waals surface area contributed by atoms with Crippen LogP contribution in [0.1, 0.15) is 15.9 Å². The van der Waals surface area contributed by atoms with Crippen molar-refractivity contribution in [2.75, 3.05) is 25.5 Å². The molecule has 0 aliphatic carbocycles. The van der Waals surface area contributed by atoms with Crippen LogP contribution in [0.4, 0.5) is 6.01 Å². The van der Waals surface area contributed by atoms with E-state index in [1.165, 1.54) is 0 Å². The lowest BCUT2D eigenvalue weighted by Crippen LogP contribution is -2.28. The number of carbonyl (C=O) groups excluding carboxylic acids is 1. The minimum atomic E-state index is -0.116. The zero-order valence-electron chi connectivity index (χ0n) is 14.7. The van der Waals surface area contributed by atoms with Crippen LogP contribution in [-0.4, -0.2) is 36.2 Å². The number of aryl methyl sites for hydroxylation is 1. The van der Waals surface area contributed by atoms with Gasteiger partial charge in [0.25, 0.3) is 5.91 Å². The van der Waals surface area contributed by atoms with Crippen molar-refractivity contribution in [3.63, 3.8) is 0 Å². The Balaban J connectivity index is 1.49. The van der Waals surface area contributed by atoms with E-state index in [4.69, 9.17) is 9.26 Å². The van der Waals surface area contributed by atoms with Crippen LogP contribution in [0, 0.1) is 6.92 Å². The van der Waals surface area contributed by atoms with Gasteiger partial charge in [-0.25, -0.2) is 0 Å². The lowest BCUT2D eigenvalue weighted by molar-refractivity contribution is 0.0955. The van der Waals surface area contributed by atoms with Crippen LogP contribution in [0.15, 0.2) is 53.1 Å². The van der Waals surface area contributed by atoms with Crippen molar-refractivity contribution in [1.29, 1.82) is 0 Å². The van der Waals surface area contributed by atoms with E-state index in [-0.39, 0.29) is 5.91 Å². The Labute approximate surface area is 151 Å². The third kappa shape index (κ3) is 4.38. The minimum Gasteiger partial charge on any atom is -0.497 e. The second-order valence-electron chi connectivity index (χ2n) is 5.70. The fourth-order valence-corrected chi connectivity index (χ4v) is 2.33. The number of rotatable bonds is 7. The third-order valence-electron chi connectivity index (χ3n) is 3.75.